The summed E-state index contributed by atoms with van der Waals surface area (Å²) in [5, 5.41) is 73.5. The molecule has 0 heterocycles. The lowest BCUT2D eigenvalue weighted by Crippen LogP contribution is -2.46. The standard InChI is InChI=1S/C48H79N3O18/c1-32(54)18-23-41(58)40(31-53)51-46(65)33(20-25-44(62)63)26-38(57)29-49-45(64)35(30-52)28-37(56)21-22-39(48(68)69)50-42(59)24-19-34(47(66)67)27-36(55)16-14-12-10-8-6-4-2-3-5-7-9-11-13-15-17-43(60)61/h33-35,39-40,48,52-53,68-69H,2-31H2,1H3,(H,49,64)(H,50,59)(H,51,65)(H,60,61)(H,62,63)(H,66,67)/t33-,34-,35+,39+,40+/m1/s1. The number of carboxylic acids is 3. The topological polar surface area (TPSA) is 365 Å². The Morgan fingerprint density at radius 1 is 0.449 bits per heavy atom. The first-order chi connectivity index (χ1) is 32.7. The van der Waals surface area contributed by atoms with Crippen molar-refractivity contribution >= 4 is 64.5 Å². The molecule has 3 amide bonds. The Morgan fingerprint density at radius 3 is 1.41 bits per heavy atom. The van der Waals surface area contributed by atoms with Crippen LogP contribution in [0.4, 0.5) is 0 Å². The van der Waals surface area contributed by atoms with Gasteiger partial charge in [-0.15, -0.1) is 0 Å². The lowest BCUT2D eigenvalue weighted by atomic mass is 9.94. The van der Waals surface area contributed by atoms with Crippen molar-refractivity contribution in [3.63, 3.8) is 0 Å². The van der Waals surface area contributed by atoms with Crippen molar-refractivity contribution in [3.05, 3.63) is 0 Å². The van der Waals surface area contributed by atoms with E-state index in [-0.39, 0.29) is 69.4 Å². The number of aliphatic carboxylic acids is 3. The lowest BCUT2D eigenvalue weighted by molar-refractivity contribution is -0.144. The van der Waals surface area contributed by atoms with Gasteiger partial charge in [-0.25, -0.2) is 0 Å². The third kappa shape index (κ3) is 34.0. The van der Waals surface area contributed by atoms with Crippen LogP contribution in [0, 0.1) is 17.8 Å². The lowest BCUT2D eigenvalue weighted by Gasteiger charge is -2.21. The summed E-state index contributed by atoms with van der Waals surface area (Å²) >= 11 is 0. The average Bonchev–Trinajstić information content (AvgIpc) is 3.28. The molecule has 21 nitrogen and oxygen atoms in total. The van der Waals surface area contributed by atoms with Crippen LogP contribution in [-0.2, 0) is 52.7 Å². The summed E-state index contributed by atoms with van der Waals surface area (Å²) in [6, 6.07) is -2.78. The highest BCUT2D eigenvalue weighted by atomic mass is 16.5. The predicted octanol–water partition coefficient (Wildman–Crippen LogP) is 2.87. The Labute approximate surface area is 404 Å². The van der Waals surface area contributed by atoms with Crippen molar-refractivity contribution in [2.24, 2.45) is 17.8 Å². The van der Waals surface area contributed by atoms with Crippen molar-refractivity contribution < 1.29 is 88.5 Å². The van der Waals surface area contributed by atoms with E-state index in [0.717, 1.165) is 57.8 Å². The largest absolute Gasteiger partial charge is 0.481 e. The molecule has 69 heavy (non-hydrogen) atoms. The Morgan fingerprint density at radius 2 is 0.928 bits per heavy atom. The Bertz CT molecular complexity index is 1640. The van der Waals surface area contributed by atoms with Gasteiger partial charge in [0.2, 0.25) is 17.7 Å². The molecule has 0 spiro atoms. The second-order valence-electron chi connectivity index (χ2n) is 17.9. The van der Waals surface area contributed by atoms with Gasteiger partial charge in [0.1, 0.15) is 23.4 Å². The molecule has 0 aromatic rings. The molecule has 0 aromatic heterocycles. The third-order valence-corrected chi connectivity index (χ3v) is 11.8. The second-order valence-corrected chi connectivity index (χ2v) is 17.9. The molecule has 0 aliphatic heterocycles. The second kappa shape index (κ2) is 38.8. The molecular weight excluding hydrogens is 907 g/mol. The number of ketones is 5. The Balaban J connectivity index is 4.75. The summed E-state index contributed by atoms with van der Waals surface area (Å²) in [7, 11) is 0. The number of nitrogens with one attached hydrogen (secondary N) is 3. The maximum atomic E-state index is 12.9. The van der Waals surface area contributed by atoms with Gasteiger partial charge in [-0.3, -0.25) is 47.9 Å². The minimum atomic E-state index is -2.13. The van der Waals surface area contributed by atoms with E-state index >= 15 is 0 Å². The van der Waals surface area contributed by atoms with E-state index in [1.54, 1.807) is 0 Å². The van der Waals surface area contributed by atoms with Crippen molar-refractivity contribution in [2.75, 3.05) is 19.8 Å². The van der Waals surface area contributed by atoms with Crippen LogP contribution in [0.5, 0.6) is 0 Å². The molecule has 0 fully saturated rings. The number of hydrogen-bond donors (Lipinski definition) is 10. The van der Waals surface area contributed by atoms with Gasteiger partial charge in [-0.1, -0.05) is 77.0 Å². The van der Waals surface area contributed by atoms with Crippen LogP contribution >= 0.6 is 0 Å². The fraction of sp³-hybridized carbons (Fsp3) is 0.771. The molecule has 0 saturated carbocycles. The summed E-state index contributed by atoms with van der Waals surface area (Å²) < 4.78 is 0. The summed E-state index contributed by atoms with van der Waals surface area (Å²) in [6.07, 6.45) is 8.69. The first kappa shape index (κ1) is 64.0. The van der Waals surface area contributed by atoms with Gasteiger partial charge in [0.05, 0.1) is 37.6 Å². The summed E-state index contributed by atoms with van der Waals surface area (Å²) in [5.74, 6) is -12.2. The van der Waals surface area contributed by atoms with Gasteiger partial charge < -0.3 is 56.5 Å². The molecule has 394 valence electrons. The number of unbranched alkanes of at least 4 members (excludes halogenated alkanes) is 13. The molecule has 0 bridgehead atoms. The molecule has 0 aliphatic carbocycles. The number of hydrogen-bond acceptors (Lipinski definition) is 15. The van der Waals surface area contributed by atoms with Crippen LogP contribution in [0.2, 0.25) is 0 Å². The smallest absolute Gasteiger partial charge is 0.306 e. The van der Waals surface area contributed by atoms with E-state index in [2.05, 4.69) is 16.0 Å². The number of carbonyl (C=O) groups is 11. The Hall–Kier alpha value is -4.99. The zero-order valence-corrected chi connectivity index (χ0v) is 40.3. The molecule has 10 N–H and O–H groups in total. The molecule has 5 atom stereocenters. The Kier molecular flexibility index (Phi) is 36.0. The highest BCUT2D eigenvalue weighted by molar-refractivity contribution is 5.95. The van der Waals surface area contributed by atoms with Crippen molar-refractivity contribution in [3.8, 4) is 0 Å². The van der Waals surface area contributed by atoms with Crippen molar-refractivity contribution in [2.45, 2.75) is 199 Å². The predicted molar refractivity (Wildman–Crippen MR) is 248 cm³/mol. The molecule has 0 radical (unpaired) electrons. The van der Waals surface area contributed by atoms with E-state index in [1.807, 2.05) is 0 Å². The quantitative estimate of drug-likeness (QED) is 0.0310. The molecule has 0 rings (SSSR count). The minimum Gasteiger partial charge on any atom is -0.481 e. The van der Waals surface area contributed by atoms with E-state index in [9.17, 15) is 78.3 Å². The van der Waals surface area contributed by atoms with Crippen LogP contribution < -0.4 is 16.0 Å². The zero-order chi connectivity index (χ0) is 52.1. The molecule has 0 aromatic carbocycles. The van der Waals surface area contributed by atoms with Crippen molar-refractivity contribution in [1.29, 1.82) is 0 Å². The van der Waals surface area contributed by atoms with E-state index in [1.165, 1.54) is 32.6 Å². The monoisotopic (exact) mass is 986 g/mol. The van der Waals surface area contributed by atoms with Crippen LogP contribution in [0.3, 0.4) is 0 Å². The molecule has 0 unspecified atom stereocenters. The number of aliphatic hydroxyl groups excluding tert-OH is 3. The van der Waals surface area contributed by atoms with Gasteiger partial charge in [0.25, 0.3) is 0 Å². The van der Waals surface area contributed by atoms with Crippen LogP contribution in [0.1, 0.15) is 180 Å². The first-order valence-corrected chi connectivity index (χ1v) is 24.4. The number of aliphatic hydroxyl groups is 4. The van der Waals surface area contributed by atoms with Crippen LogP contribution in [0.25, 0.3) is 0 Å². The SMILES string of the molecule is CC(=O)CCC(=O)[C@H](CO)NC(=O)[C@H](CCC(=O)O)CC(=O)CNC(=O)[C@H](CO)CC(=O)CC[C@H](NC(=O)CC[C@H](CC(=O)CCCCCCCCCCCCCCCCC(=O)O)C(=O)O)C(O)O. The molecule has 0 saturated heterocycles. The van der Waals surface area contributed by atoms with Crippen LogP contribution in [0.15, 0.2) is 0 Å². The fourth-order valence-corrected chi connectivity index (χ4v) is 7.51. The molecule has 0 aliphatic rings. The average molecular weight is 986 g/mol. The normalized spacial score (nSPS) is 13.4. The van der Waals surface area contributed by atoms with Gasteiger partial charge in [-0.05, 0) is 39.0 Å². The number of Topliss-reactive ketones (excluding diaryl/α,β-unsaturated/α-hetero) is 5. The maximum Gasteiger partial charge on any atom is 0.306 e. The third-order valence-electron chi connectivity index (χ3n) is 11.8. The van der Waals surface area contributed by atoms with Gasteiger partial charge in [0.15, 0.2) is 17.9 Å². The number of rotatable bonds is 46. The van der Waals surface area contributed by atoms with Crippen LogP contribution in [-0.4, -0.2) is 138 Å². The molecular formula is C48H79N3O18. The van der Waals surface area contributed by atoms with E-state index in [0.29, 0.717) is 6.42 Å². The van der Waals surface area contributed by atoms with E-state index in [4.69, 9.17) is 10.2 Å². The highest BCUT2D eigenvalue weighted by Gasteiger charge is 2.29. The zero-order valence-electron chi connectivity index (χ0n) is 40.3. The molecule has 21 heteroatoms. The summed E-state index contributed by atoms with van der Waals surface area (Å²) in [5.41, 5.74) is 0. The maximum absolute atomic E-state index is 12.9. The minimum absolute atomic E-state index is 0.130. The number of carbonyl (C=O) groups excluding carboxylic acids is 8. The first-order valence-electron chi connectivity index (χ1n) is 24.4. The number of carboxylic acid groups (broad SMARTS) is 3. The van der Waals surface area contributed by atoms with E-state index < -0.39 is 135 Å². The van der Waals surface area contributed by atoms with Gasteiger partial charge >= 0.3 is 17.9 Å². The number of amides is 3. The van der Waals surface area contributed by atoms with Gasteiger partial charge in [0, 0.05) is 70.1 Å². The highest BCUT2D eigenvalue weighted by Crippen LogP contribution is 2.19. The van der Waals surface area contributed by atoms with Gasteiger partial charge in [-0.2, -0.15) is 0 Å². The summed E-state index contributed by atoms with van der Waals surface area (Å²) in [6.45, 7) is -1.09. The summed E-state index contributed by atoms with van der Waals surface area (Å²) in [4.78, 5) is 134. The fourth-order valence-electron chi connectivity index (χ4n) is 7.51. The van der Waals surface area contributed by atoms with Crippen molar-refractivity contribution in [1.82, 2.24) is 16.0 Å².